The molecule has 65 heavy (non-hydrogen) atoms. The van der Waals surface area contributed by atoms with E-state index >= 15 is 0 Å². The molecule has 0 N–H and O–H groups in total. The van der Waals surface area contributed by atoms with E-state index in [9.17, 15) is 0 Å². The molecule has 1 aliphatic carbocycles. The fraction of sp³-hybridized carbons (Fsp3) is 0.0476. The van der Waals surface area contributed by atoms with Crippen molar-refractivity contribution in [2.24, 2.45) is 0 Å². The Morgan fingerprint density at radius 3 is 1.31 bits per heavy atom. The van der Waals surface area contributed by atoms with Gasteiger partial charge >= 0.3 is 0 Å². The second kappa shape index (κ2) is 15.6. The summed E-state index contributed by atoms with van der Waals surface area (Å²) in [6.45, 7) is 4.33. The molecule has 0 atom stereocenters. The maximum absolute atomic E-state index is 2.44. The SMILES string of the molecule is Cc1cccc(N(c2ccccc2)c2ccc3c4c(ccc3c2)-c2c(c3ccc(N(c5ccccc5)c5cccc(C)c5)cc3c3ccccc23)C4(c2ccccc2)c2ccccc2)c1. The number of hydrogen-bond acceptors (Lipinski definition) is 2. The summed E-state index contributed by atoms with van der Waals surface area (Å²) in [7, 11) is 0. The van der Waals surface area contributed by atoms with Crippen molar-refractivity contribution in [1.29, 1.82) is 0 Å². The van der Waals surface area contributed by atoms with Gasteiger partial charge in [-0.15, -0.1) is 0 Å². The van der Waals surface area contributed by atoms with Crippen LogP contribution in [-0.4, -0.2) is 0 Å². The molecular weight excluding hydrogens is 785 g/mol. The lowest BCUT2D eigenvalue weighted by Crippen LogP contribution is -2.29. The van der Waals surface area contributed by atoms with Gasteiger partial charge in [0, 0.05) is 34.1 Å². The minimum atomic E-state index is -0.649. The number of aryl methyl sites for hydroxylation is 2. The number of hydrogen-bond donors (Lipinski definition) is 0. The lowest BCUT2D eigenvalue weighted by molar-refractivity contribution is 0.783. The van der Waals surface area contributed by atoms with Gasteiger partial charge in [-0.05, 0) is 163 Å². The Labute approximate surface area is 380 Å². The van der Waals surface area contributed by atoms with Crippen molar-refractivity contribution in [3.63, 3.8) is 0 Å². The topological polar surface area (TPSA) is 6.48 Å². The largest absolute Gasteiger partial charge is 0.310 e. The van der Waals surface area contributed by atoms with Crippen molar-refractivity contribution in [2.45, 2.75) is 19.3 Å². The van der Waals surface area contributed by atoms with Crippen molar-refractivity contribution >= 4 is 66.4 Å². The van der Waals surface area contributed by atoms with Crippen LogP contribution >= 0.6 is 0 Å². The third-order valence-corrected chi connectivity index (χ3v) is 13.5. The van der Waals surface area contributed by atoms with Crippen LogP contribution in [0.1, 0.15) is 33.4 Å². The molecule has 0 saturated carbocycles. The molecule has 0 fully saturated rings. The van der Waals surface area contributed by atoms with Crippen LogP contribution in [0.25, 0.3) is 43.4 Å². The average molecular weight is 831 g/mol. The van der Waals surface area contributed by atoms with E-state index in [1.807, 2.05) is 0 Å². The molecule has 0 heterocycles. The first-order valence-electron chi connectivity index (χ1n) is 22.6. The second-order valence-corrected chi connectivity index (χ2v) is 17.4. The van der Waals surface area contributed by atoms with E-state index in [2.05, 4.69) is 266 Å². The van der Waals surface area contributed by atoms with Crippen molar-refractivity contribution in [3.05, 3.63) is 276 Å². The number of fused-ring (bicyclic) bond motifs is 10. The molecule has 0 amide bonds. The molecule has 12 rings (SSSR count). The van der Waals surface area contributed by atoms with E-state index in [4.69, 9.17) is 0 Å². The van der Waals surface area contributed by atoms with Gasteiger partial charge in [-0.3, -0.25) is 0 Å². The fourth-order valence-corrected chi connectivity index (χ4v) is 10.9. The van der Waals surface area contributed by atoms with Crippen LogP contribution in [0.4, 0.5) is 34.1 Å². The first-order chi connectivity index (χ1) is 32.1. The standard InChI is InChI=1S/C63H46N2/c1-43-19-17-29-50(39-43)64(48-25-11-5-12-26-48)52-34-37-54-45(41-52)33-36-58-60-56-32-16-15-31-55(56)59-42-53(65(49-27-13-6-14-28-49)51-30-18-20-44(2)40-51)35-38-57(59)62(60)63(61(54)58,46-21-7-3-8-22-46)47-23-9-4-10-24-47/h3-42H,1-2H3. The van der Waals surface area contributed by atoms with Gasteiger partial charge in [-0.2, -0.15) is 0 Å². The van der Waals surface area contributed by atoms with E-state index in [1.54, 1.807) is 0 Å². The number of rotatable bonds is 8. The smallest absolute Gasteiger partial charge is 0.0725 e. The molecule has 308 valence electrons. The van der Waals surface area contributed by atoms with E-state index in [0.717, 1.165) is 34.1 Å². The van der Waals surface area contributed by atoms with E-state index < -0.39 is 5.41 Å². The Balaban J connectivity index is 1.18. The van der Waals surface area contributed by atoms with Gasteiger partial charge in [0.25, 0.3) is 0 Å². The Morgan fingerprint density at radius 2 is 0.754 bits per heavy atom. The Morgan fingerprint density at radius 1 is 0.292 bits per heavy atom. The van der Waals surface area contributed by atoms with E-state index in [-0.39, 0.29) is 0 Å². The quantitative estimate of drug-likeness (QED) is 0.141. The minimum Gasteiger partial charge on any atom is -0.310 e. The monoisotopic (exact) mass is 830 g/mol. The average Bonchev–Trinajstić information content (AvgIpc) is 3.68. The third kappa shape index (κ3) is 6.17. The van der Waals surface area contributed by atoms with Crippen LogP contribution in [0.15, 0.2) is 243 Å². The van der Waals surface area contributed by atoms with Gasteiger partial charge in [0.2, 0.25) is 0 Å². The summed E-state index contributed by atoms with van der Waals surface area (Å²) in [4.78, 5) is 4.77. The van der Waals surface area contributed by atoms with Gasteiger partial charge in [0.15, 0.2) is 0 Å². The molecule has 1 aliphatic rings. The molecule has 11 aromatic rings. The van der Waals surface area contributed by atoms with Crippen LogP contribution in [0.5, 0.6) is 0 Å². The lowest BCUT2D eigenvalue weighted by Gasteiger charge is -2.36. The molecule has 2 nitrogen and oxygen atoms in total. The van der Waals surface area contributed by atoms with Crippen LogP contribution < -0.4 is 9.80 Å². The van der Waals surface area contributed by atoms with Crippen molar-refractivity contribution < 1.29 is 0 Å². The Bertz CT molecular complexity index is 3520. The molecular formula is C63H46N2. The number of benzene rings is 11. The summed E-state index contributed by atoms with van der Waals surface area (Å²) in [6.07, 6.45) is 0. The van der Waals surface area contributed by atoms with Gasteiger partial charge in [0.1, 0.15) is 0 Å². The van der Waals surface area contributed by atoms with Gasteiger partial charge < -0.3 is 9.80 Å². The Hall–Kier alpha value is -8.20. The summed E-state index contributed by atoms with van der Waals surface area (Å²) in [5.41, 5.74) is 16.3. The maximum atomic E-state index is 2.44. The van der Waals surface area contributed by atoms with Gasteiger partial charge in [0.05, 0.1) is 5.41 Å². The third-order valence-electron chi connectivity index (χ3n) is 13.5. The van der Waals surface area contributed by atoms with Crippen LogP contribution in [0.3, 0.4) is 0 Å². The number of anilines is 6. The molecule has 0 spiro atoms. The minimum absolute atomic E-state index is 0.649. The Kier molecular flexibility index (Phi) is 9.21. The van der Waals surface area contributed by atoms with Crippen LogP contribution in [-0.2, 0) is 5.41 Å². The van der Waals surface area contributed by atoms with Crippen LogP contribution in [0, 0.1) is 13.8 Å². The molecule has 0 aromatic heterocycles. The molecule has 0 bridgehead atoms. The summed E-state index contributed by atoms with van der Waals surface area (Å²) < 4.78 is 0. The zero-order valence-electron chi connectivity index (χ0n) is 36.5. The maximum Gasteiger partial charge on any atom is 0.0725 e. The highest BCUT2D eigenvalue weighted by molar-refractivity contribution is 6.21. The summed E-state index contributed by atoms with van der Waals surface area (Å²) >= 11 is 0. The first-order valence-corrected chi connectivity index (χ1v) is 22.6. The molecule has 2 heteroatoms. The molecule has 0 radical (unpaired) electrons. The van der Waals surface area contributed by atoms with Crippen molar-refractivity contribution in [3.8, 4) is 11.1 Å². The summed E-state index contributed by atoms with van der Waals surface area (Å²) in [5, 5.41) is 7.44. The van der Waals surface area contributed by atoms with E-state index in [0.29, 0.717) is 0 Å². The zero-order chi connectivity index (χ0) is 43.5. The highest BCUT2D eigenvalue weighted by Crippen LogP contribution is 2.62. The number of nitrogens with zero attached hydrogens (tertiary/aromatic N) is 2. The molecule has 11 aromatic carbocycles. The highest BCUT2D eigenvalue weighted by atomic mass is 15.1. The lowest BCUT2D eigenvalue weighted by atomic mass is 9.65. The van der Waals surface area contributed by atoms with Crippen LogP contribution in [0.2, 0.25) is 0 Å². The molecule has 0 unspecified atom stereocenters. The first kappa shape index (κ1) is 38.5. The number of para-hydroxylation sites is 2. The summed E-state index contributed by atoms with van der Waals surface area (Å²) in [6, 6.07) is 89.7. The van der Waals surface area contributed by atoms with E-state index in [1.165, 1.54) is 76.8 Å². The van der Waals surface area contributed by atoms with Gasteiger partial charge in [-0.25, -0.2) is 0 Å². The summed E-state index contributed by atoms with van der Waals surface area (Å²) in [5.74, 6) is 0. The normalized spacial score (nSPS) is 12.6. The van der Waals surface area contributed by atoms with Crippen molar-refractivity contribution in [1.82, 2.24) is 0 Å². The molecule has 0 aliphatic heterocycles. The highest BCUT2D eigenvalue weighted by Gasteiger charge is 2.49. The second-order valence-electron chi connectivity index (χ2n) is 17.4. The van der Waals surface area contributed by atoms with Crippen molar-refractivity contribution in [2.75, 3.05) is 9.80 Å². The van der Waals surface area contributed by atoms with Gasteiger partial charge in [-0.1, -0.05) is 170 Å². The predicted octanol–water partition coefficient (Wildman–Crippen LogP) is 17.1. The predicted molar refractivity (Wildman–Crippen MR) is 275 cm³/mol. The fourth-order valence-electron chi connectivity index (χ4n) is 10.9. The zero-order valence-corrected chi connectivity index (χ0v) is 36.5. The molecule has 0 saturated heterocycles.